The van der Waals surface area contributed by atoms with Gasteiger partial charge in [0.05, 0.1) is 10.0 Å². The minimum atomic E-state index is -0.105. The number of carbonyl (C=O) groups excluding carboxylic acids is 1. The normalized spacial score (nSPS) is 13.4. The second-order valence-electron chi connectivity index (χ2n) is 6.35. The lowest BCUT2D eigenvalue weighted by Gasteiger charge is -2.08. The molecule has 1 aliphatic rings. The van der Waals surface area contributed by atoms with E-state index in [1.54, 1.807) is 17.5 Å². The number of carbonyl (C=O) groups is 1. The van der Waals surface area contributed by atoms with Crippen LogP contribution < -0.4 is 10.1 Å². The summed E-state index contributed by atoms with van der Waals surface area (Å²) < 4.78 is 5.86. The summed E-state index contributed by atoms with van der Waals surface area (Å²) in [6.07, 6.45) is 2.11. The van der Waals surface area contributed by atoms with Gasteiger partial charge in [0.25, 0.3) is 5.91 Å². The van der Waals surface area contributed by atoms with Crippen molar-refractivity contribution >= 4 is 40.4 Å². The molecule has 1 heterocycles. The standard InChI is InChI=1S/C20H16Cl2N2O2S/c21-16-7-4-12(8-17(16)22)10-26-15-3-1-2-13(9-15)20-24-18(11-27-20)19(25)23-14-5-6-14/h1-4,7-9,11,14H,5-6,10H2,(H,23,25). The first kappa shape index (κ1) is 18.3. The second kappa shape index (κ2) is 7.89. The fraction of sp³-hybridized carbons (Fsp3) is 0.200. The molecule has 7 heteroatoms. The molecular formula is C20H16Cl2N2O2S. The molecule has 1 aliphatic carbocycles. The van der Waals surface area contributed by atoms with Crippen molar-refractivity contribution in [2.24, 2.45) is 0 Å². The number of nitrogens with one attached hydrogen (secondary N) is 1. The zero-order valence-corrected chi connectivity index (χ0v) is 16.6. The molecular weight excluding hydrogens is 403 g/mol. The van der Waals surface area contributed by atoms with E-state index in [1.807, 2.05) is 30.3 Å². The van der Waals surface area contributed by atoms with E-state index in [1.165, 1.54) is 11.3 Å². The lowest BCUT2D eigenvalue weighted by molar-refractivity contribution is 0.0947. The first-order valence-corrected chi connectivity index (χ1v) is 10.2. The van der Waals surface area contributed by atoms with E-state index in [0.717, 1.165) is 34.7 Å². The quantitative estimate of drug-likeness (QED) is 0.567. The van der Waals surface area contributed by atoms with Crippen molar-refractivity contribution in [3.63, 3.8) is 0 Å². The maximum absolute atomic E-state index is 12.1. The maximum atomic E-state index is 12.1. The predicted molar refractivity (Wildman–Crippen MR) is 109 cm³/mol. The third-order valence-electron chi connectivity index (χ3n) is 4.12. The highest BCUT2D eigenvalue weighted by molar-refractivity contribution is 7.13. The monoisotopic (exact) mass is 418 g/mol. The van der Waals surface area contributed by atoms with Crippen LogP contribution in [0.3, 0.4) is 0 Å². The molecule has 0 aliphatic heterocycles. The Morgan fingerprint density at radius 2 is 2.04 bits per heavy atom. The topological polar surface area (TPSA) is 51.2 Å². The van der Waals surface area contributed by atoms with Crippen LogP contribution in [0.5, 0.6) is 5.75 Å². The van der Waals surface area contributed by atoms with Gasteiger partial charge in [-0.15, -0.1) is 11.3 Å². The lowest BCUT2D eigenvalue weighted by Crippen LogP contribution is -2.25. The van der Waals surface area contributed by atoms with Gasteiger partial charge in [-0.2, -0.15) is 0 Å². The van der Waals surface area contributed by atoms with Crippen LogP contribution in [-0.2, 0) is 6.61 Å². The van der Waals surface area contributed by atoms with Gasteiger partial charge in [0, 0.05) is 17.0 Å². The Labute approximate surface area is 171 Å². The number of ether oxygens (including phenoxy) is 1. The SMILES string of the molecule is O=C(NC1CC1)c1csc(-c2cccc(OCc3ccc(Cl)c(Cl)c3)c2)n1. The molecule has 0 spiro atoms. The van der Waals surface area contributed by atoms with Crippen molar-refractivity contribution in [1.82, 2.24) is 10.3 Å². The molecule has 0 bridgehead atoms. The van der Waals surface area contributed by atoms with Crippen LogP contribution in [0.4, 0.5) is 0 Å². The van der Waals surface area contributed by atoms with E-state index in [4.69, 9.17) is 27.9 Å². The largest absolute Gasteiger partial charge is 0.489 e. The average Bonchev–Trinajstić information content (AvgIpc) is 3.34. The lowest BCUT2D eigenvalue weighted by atomic mass is 10.2. The van der Waals surface area contributed by atoms with Crippen LogP contribution in [0.1, 0.15) is 28.9 Å². The summed E-state index contributed by atoms with van der Waals surface area (Å²) in [5.74, 6) is 0.616. The Morgan fingerprint density at radius 3 is 2.81 bits per heavy atom. The third-order valence-corrected chi connectivity index (χ3v) is 5.75. The average molecular weight is 419 g/mol. The summed E-state index contributed by atoms with van der Waals surface area (Å²) in [5, 5.41) is 6.56. The van der Waals surface area contributed by atoms with Crippen molar-refractivity contribution in [2.45, 2.75) is 25.5 Å². The molecule has 4 nitrogen and oxygen atoms in total. The highest BCUT2D eigenvalue weighted by Gasteiger charge is 2.24. The van der Waals surface area contributed by atoms with Crippen molar-refractivity contribution in [1.29, 1.82) is 0 Å². The molecule has 0 radical (unpaired) electrons. The van der Waals surface area contributed by atoms with E-state index < -0.39 is 0 Å². The van der Waals surface area contributed by atoms with Crippen LogP contribution in [0.2, 0.25) is 10.0 Å². The summed E-state index contributed by atoms with van der Waals surface area (Å²) >= 11 is 13.4. The molecule has 1 aromatic heterocycles. The van der Waals surface area contributed by atoms with Crippen LogP contribution >= 0.6 is 34.5 Å². The fourth-order valence-corrected chi connectivity index (χ4v) is 3.63. The predicted octanol–water partition coefficient (Wildman–Crippen LogP) is 5.59. The molecule has 138 valence electrons. The second-order valence-corrected chi connectivity index (χ2v) is 8.02. The summed E-state index contributed by atoms with van der Waals surface area (Å²) in [5.41, 5.74) is 2.31. The zero-order valence-electron chi connectivity index (χ0n) is 14.2. The highest BCUT2D eigenvalue weighted by atomic mass is 35.5. The van der Waals surface area contributed by atoms with Crippen molar-refractivity contribution in [2.75, 3.05) is 0 Å². The number of amides is 1. The van der Waals surface area contributed by atoms with Crippen molar-refractivity contribution in [3.8, 4) is 16.3 Å². The number of benzene rings is 2. The number of aromatic nitrogens is 1. The van der Waals surface area contributed by atoms with E-state index in [0.29, 0.717) is 28.4 Å². The van der Waals surface area contributed by atoms with Gasteiger partial charge in [0.15, 0.2) is 0 Å². The molecule has 2 aromatic carbocycles. The summed E-state index contributed by atoms with van der Waals surface area (Å²) in [6.45, 7) is 0.382. The zero-order chi connectivity index (χ0) is 18.8. The molecule has 0 atom stereocenters. The molecule has 1 N–H and O–H groups in total. The molecule has 0 unspecified atom stereocenters. The molecule has 4 rings (SSSR count). The van der Waals surface area contributed by atoms with Gasteiger partial charge in [-0.05, 0) is 42.7 Å². The number of thiazole rings is 1. The van der Waals surface area contributed by atoms with Gasteiger partial charge < -0.3 is 10.1 Å². The molecule has 27 heavy (non-hydrogen) atoms. The van der Waals surface area contributed by atoms with E-state index in [-0.39, 0.29) is 5.91 Å². The third kappa shape index (κ3) is 4.61. The highest BCUT2D eigenvalue weighted by Crippen LogP contribution is 2.28. The van der Waals surface area contributed by atoms with Gasteiger partial charge in [-0.1, -0.05) is 41.4 Å². The van der Waals surface area contributed by atoms with Crippen molar-refractivity contribution in [3.05, 3.63) is 69.1 Å². The molecule has 0 saturated heterocycles. The van der Waals surface area contributed by atoms with Gasteiger partial charge in [-0.25, -0.2) is 4.98 Å². The Bertz CT molecular complexity index is 986. The molecule has 1 fully saturated rings. The van der Waals surface area contributed by atoms with Gasteiger partial charge in [-0.3, -0.25) is 4.79 Å². The van der Waals surface area contributed by atoms with Gasteiger partial charge in [0.1, 0.15) is 23.1 Å². The number of hydrogen-bond donors (Lipinski definition) is 1. The van der Waals surface area contributed by atoms with Crippen molar-refractivity contribution < 1.29 is 9.53 Å². The summed E-state index contributed by atoms with van der Waals surface area (Å²) in [7, 11) is 0. The first-order chi connectivity index (χ1) is 13.1. The van der Waals surface area contributed by atoms with E-state index in [2.05, 4.69) is 10.3 Å². The fourth-order valence-electron chi connectivity index (χ4n) is 2.51. The van der Waals surface area contributed by atoms with Crippen LogP contribution in [-0.4, -0.2) is 16.9 Å². The van der Waals surface area contributed by atoms with E-state index >= 15 is 0 Å². The number of hydrogen-bond acceptors (Lipinski definition) is 4. The number of halogens is 2. The minimum Gasteiger partial charge on any atom is -0.489 e. The Balaban J connectivity index is 1.44. The van der Waals surface area contributed by atoms with Gasteiger partial charge >= 0.3 is 0 Å². The number of rotatable bonds is 6. The Kier molecular flexibility index (Phi) is 5.34. The van der Waals surface area contributed by atoms with Crippen LogP contribution in [0.25, 0.3) is 10.6 Å². The Morgan fingerprint density at radius 1 is 1.19 bits per heavy atom. The Hall–Kier alpha value is -2.08. The summed E-state index contributed by atoms with van der Waals surface area (Å²) in [6, 6.07) is 13.4. The van der Waals surface area contributed by atoms with Crippen LogP contribution in [0.15, 0.2) is 47.8 Å². The van der Waals surface area contributed by atoms with E-state index in [9.17, 15) is 4.79 Å². The molecule has 3 aromatic rings. The maximum Gasteiger partial charge on any atom is 0.270 e. The smallest absolute Gasteiger partial charge is 0.270 e. The molecule has 1 saturated carbocycles. The van der Waals surface area contributed by atoms with Gasteiger partial charge in [0.2, 0.25) is 0 Å². The molecule has 1 amide bonds. The minimum absolute atomic E-state index is 0.105. The first-order valence-electron chi connectivity index (χ1n) is 8.52. The number of nitrogens with zero attached hydrogens (tertiary/aromatic N) is 1. The van der Waals surface area contributed by atoms with Crippen LogP contribution in [0, 0.1) is 0 Å². The summed E-state index contributed by atoms with van der Waals surface area (Å²) in [4.78, 5) is 16.6.